The van der Waals surface area contributed by atoms with Crippen molar-refractivity contribution in [2.24, 2.45) is 0 Å². The van der Waals surface area contributed by atoms with Crippen LogP contribution in [0.2, 0.25) is 0 Å². The third kappa shape index (κ3) is 3.41. The van der Waals surface area contributed by atoms with E-state index in [9.17, 15) is 0 Å². The van der Waals surface area contributed by atoms with Gasteiger partial charge < -0.3 is 0 Å². The first-order valence-electron chi connectivity index (χ1n) is 16.5. The van der Waals surface area contributed by atoms with Gasteiger partial charge in [-0.05, 0) is 74.8 Å². The molecule has 3 heteroatoms. The second kappa shape index (κ2) is 9.04. The molecule has 47 heavy (non-hydrogen) atoms. The molecule has 0 radical (unpaired) electrons. The SMILES string of the molecule is CC1(C)c2ccccc2-c2cc3c4ccccc4n(-c4nc(-c5cccc6c5-c5ccccc5C6(C)C)nc5ccccc45)c3cc21. The first-order chi connectivity index (χ1) is 22.8. The lowest BCUT2D eigenvalue weighted by molar-refractivity contribution is 0.660. The van der Waals surface area contributed by atoms with Crippen LogP contribution in [0.1, 0.15) is 49.9 Å². The van der Waals surface area contributed by atoms with Crippen LogP contribution in [0.15, 0.2) is 127 Å². The van der Waals surface area contributed by atoms with Gasteiger partial charge in [-0.3, -0.25) is 4.57 Å². The lowest BCUT2D eigenvalue weighted by atomic mass is 9.82. The van der Waals surface area contributed by atoms with Gasteiger partial charge in [0, 0.05) is 32.6 Å². The monoisotopic (exact) mass is 603 g/mol. The van der Waals surface area contributed by atoms with Crippen molar-refractivity contribution in [3.8, 4) is 39.5 Å². The predicted molar refractivity (Wildman–Crippen MR) is 194 cm³/mol. The average Bonchev–Trinajstić information content (AvgIpc) is 3.64. The fraction of sp³-hybridized carbons (Fsp3) is 0.136. The number of hydrogen-bond acceptors (Lipinski definition) is 2. The lowest BCUT2D eigenvalue weighted by Gasteiger charge is -2.22. The second-order valence-corrected chi connectivity index (χ2v) is 14.2. The van der Waals surface area contributed by atoms with Crippen LogP contribution in [-0.2, 0) is 10.8 Å². The highest BCUT2D eigenvalue weighted by molar-refractivity contribution is 6.12. The molecule has 0 aliphatic heterocycles. The van der Waals surface area contributed by atoms with Gasteiger partial charge in [0.15, 0.2) is 5.82 Å². The summed E-state index contributed by atoms with van der Waals surface area (Å²) in [5.74, 6) is 1.66. The zero-order valence-electron chi connectivity index (χ0n) is 27.0. The van der Waals surface area contributed by atoms with E-state index >= 15 is 0 Å². The molecule has 2 heterocycles. The molecule has 6 aromatic carbocycles. The minimum atomic E-state index is -0.106. The quantitative estimate of drug-likeness (QED) is 0.197. The van der Waals surface area contributed by atoms with E-state index in [1.807, 2.05) is 0 Å². The molecular weight excluding hydrogens is 571 g/mol. The minimum absolute atomic E-state index is 0.0980. The average molecular weight is 604 g/mol. The molecule has 0 atom stereocenters. The highest BCUT2D eigenvalue weighted by atomic mass is 15.1. The maximum Gasteiger partial charge on any atom is 0.162 e. The van der Waals surface area contributed by atoms with Crippen LogP contribution < -0.4 is 0 Å². The first-order valence-corrected chi connectivity index (χ1v) is 16.5. The second-order valence-electron chi connectivity index (χ2n) is 14.2. The summed E-state index contributed by atoms with van der Waals surface area (Å²) in [4.78, 5) is 10.8. The van der Waals surface area contributed by atoms with E-state index in [1.54, 1.807) is 0 Å². The van der Waals surface area contributed by atoms with Crippen molar-refractivity contribution >= 4 is 32.7 Å². The van der Waals surface area contributed by atoms with E-state index in [0.717, 1.165) is 33.6 Å². The van der Waals surface area contributed by atoms with Gasteiger partial charge in [-0.1, -0.05) is 125 Å². The van der Waals surface area contributed by atoms with E-state index < -0.39 is 0 Å². The summed E-state index contributed by atoms with van der Waals surface area (Å²) in [5, 5.41) is 3.51. The molecule has 0 unspecified atom stereocenters. The topological polar surface area (TPSA) is 30.7 Å². The molecule has 0 spiro atoms. The molecule has 2 aromatic heterocycles. The van der Waals surface area contributed by atoms with Crippen LogP contribution in [0, 0.1) is 0 Å². The summed E-state index contributed by atoms with van der Waals surface area (Å²) in [7, 11) is 0. The van der Waals surface area contributed by atoms with E-state index in [1.165, 1.54) is 60.8 Å². The molecule has 2 aliphatic carbocycles. The lowest BCUT2D eigenvalue weighted by Crippen LogP contribution is -2.15. The largest absolute Gasteiger partial charge is 0.293 e. The van der Waals surface area contributed by atoms with Gasteiger partial charge >= 0.3 is 0 Å². The molecule has 3 nitrogen and oxygen atoms in total. The van der Waals surface area contributed by atoms with Crippen molar-refractivity contribution in [3.05, 3.63) is 150 Å². The molecule has 0 fully saturated rings. The van der Waals surface area contributed by atoms with Gasteiger partial charge in [0.05, 0.1) is 16.6 Å². The fourth-order valence-corrected chi connectivity index (χ4v) is 8.68. The predicted octanol–water partition coefficient (Wildman–Crippen LogP) is 11.0. The van der Waals surface area contributed by atoms with Crippen molar-refractivity contribution in [3.63, 3.8) is 0 Å². The Kier molecular flexibility index (Phi) is 5.13. The summed E-state index contributed by atoms with van der Waals surface area (Å²) < 4.78 is 2.39. The molecule has 0 N–H and O–H groups in total. The Balaban J connectivity index is 1.30. The van der Waals surface area contributed by atoms with Gasteiger partial charge in [0.1, 0.15) is 5.82 Å². The van der Waals surface area contributed by atoms with Crippen molar-refractivity contribution < 1.29 is 0 Å². The Labute approximate surface area is 274 Å². The molecule has 0 bridgehead atoms. The molecular formula is C44H33N3. The first kappa shape index (κ1) is 26.7. The van der Waals surface area contributed by atoms with E-state index in [-0.39, 0.29) is 10.8 Å². The number of para-hydroxylation sites is 2. The maximum atomic E-state index is 5.53. The maximum absolute atomic E-state index is 5.53. The molecule has 10 rings (SSSR count). The smallest absolute Gasteiger partial charge is 0.162 e. The Bertz CT molecular complexity index is 2640. The van der Waals surface area contributed by atoms with Crippen molar-refractivity contribution in [1.29, 1.82) is 0 Å². The van der Waals surface area contributed by atoms with Gasteiger partial charge in [-0.15, -0.1) is 0 Å². The van der Waals surface area contributed by atoms with E-state index in [0.29, 0.717) is 0 Å². The summed E-state index contributed by atoms with van der Waals surface area (Å²) in [6.45, 7) is 9.35. The van der Waals surface area contributed by atoms with Crippen molar-refractivity contribution in [2.45, 2.75) is 38.5 Å². The summed E-state index contributed by atoms with van der Waals surface area (Å²) in [6, 6.07) is 46.4. The van der Waals surface area contributed by atoms with Crippen molar-refractivity contribution in [1.82, 2.24) is 14.5 Å². The van der Waals surface area contributed by atoms with Crippen LogP contribution in [0.3, 0.4) is 0 Å². The van der Waals surface area contributed by atoms with Gasteiger partial charge in [0.2, 0.25) is 0 Å². The highest BCUT2D eigenvalue weighted by Gasteiger charge is 2.38. The third-order valence-electron chi connectivity index (χ3n) is 11.0. The molecule has 0 amide bonds. The molecule has 0 saturated carbocycles. The van der Waals surface area contributed by atoms with E-state index in [2.05, 4.69) is 160 Å². The number of hydrogen-bond donors (Lipinski definition) is 0. The van der Waals surface area contributed by atoms with Gasteiger partial charge in [-0.2, -0.15) is 0 Å². The molecule has 224 valence electrons. The Morgan fingerprint density at radius 3 is 1.89 bits per heavy atom. The number of rotatable bonds is 2. The molecule has 2 aliphatic rings. The number of benzene rings is 6. The normalized spacial score (nSPS) is 15.1. The summed E-state index contributed by atoms with van der Waals surface area (Å²) in [6.07, 6.45) is 0. The summed E-state index contributed by atoms with van der Waals surface area (Å²) in [5.41, 5.74) is 14.7. The highest BCUT2D eigenvalue weighted by Crippen LogP contribution is 2.53. The van der Waals surface area contributed by atoms with Crippen LogP contribution in [0.5, 0.6) is 0 Å². The molecule has 8 aromatic rings. The number of nitrogens with zero attached hydrogens (tertiary/aromatic N) is 3. The zero-order chi connectivity index (χ0) is 31.7. The molecule has 0 saturated heterocycles. The van der Waals surface area contributed by atoms with Crippen LogP contribution in [-0.4, -0.2) is 14.5 Å². The Hall–Kier alpha value is -5.54. The van der Waals surface area contributed by atoms with Crippen molar-refractivity contribution in [2.75, 3.05) is 0 Å². The zero-order valence-corrected chi connectivity index (χ0v) is 27.0. The summed E-state index contributed by atoms with van der Waals surface area (Å²) >= 11 is 0. The Morgan fingerprint density at radius 2 is 1.06 bits per heavy atom. The van der Waals surface area contributed by atoms with Gasteiger partial charge in [-0.25, -0.2) is 9.97 Å². The van der Waals surface area contributed by atoms with Crippen LogP contribution >= 0.6 is 0 Å². The number of aromatic nitrogens is 3. The van der Waals surface area contributed by atoms with Gasteiger partial charge in [0.25, 0.3) is 0 Å². The Morgan fingerprint density at radius 1 is 0.447 bits per heavy atom. The van der Waals surface area contributed by atoms with Crippen LogP contribution in [0.25, 0.3) is 72.2 Å². The van der Waals surface area contributed by atoms with E-state index in [4.69, 9.17) is 9.97 Å². The minimum Gasteiger partial charge on any atom is -0.293 e. The van der Waals surface area contributed by atoms with Crippen LogP contribution in [0.4, 0.5) is 0 Å². The number of fused-ring (bicyclic) bond motifs is 10. The third-order valence-corrected chi connectivity index (χ3v) is 11.0. The standard InChI is InChI=1S/C44H33N3/c1-43(2)34-20-10-6-16-28(34)40-30(18-13-21-35(40)43)41-45-37-22-11-7-17-29(37)42(46-41)47-38-23-12-8-15-27(38)32-24-31-26-14-5-9-19-33(26)44(3,4)36(31)25-39(32)47/h5-25H,1-4H3. The fourth-order valence-electron chi connectivity index (χ4n) is 8.68.